The molecule has 0 radical (unpaired) electrons. The van der Waals surface area contributed by atoms with Crippen molar-refractivity contribution in [3.05, 3.63) is 0 Å². The number of hydrogen-bond acceptors (Lipinski definition) is 3. The molecule has 3 N–H and O–H groups in total. The van der Waals surface area contributed by atoms with Crippen LogP contribution in [0.15, 0.2) is 0 Å². The van der Waals surface area contributed by atoms with E-state index in [-0.39, 0.29) is 11.9 Å². The summed E-state index contributed by atoms with van der Waals surface area (Å²) in [4.78, 5) is 23.1. The number of carbonyl (C=O) groups is 2. The van der Waals surface area contributed by atoms with Crippen LogP contribution in [0.4, 0.5) is 4.79 Å². The summed E-state index contributed by atoms with van der Waals surface area (Å²) in [7, 11) is 0. The third-order valence-electron chi connectivity index (χ3n) is 1.57. The van der Waals surface area contributed by atoms with E-state index in [1.807, 2.05) is 0 Å². The number of hydrogen-bond donors (Lipinski definition) is 2. The van der Waals surface area contributed by atoms with Gasteiger partial charge in [0.2, 0.25) is 0 Å². The van der Waals surface area contributed by atoms with Crippen molar-refractivity contribution < 1.29 is 9.59 Å². The van der Waals surface area contributed by atoms with E-state index in [1.54, 1.807) is 6.92 Å². The zero-order valence-electron chi connectivity index (χ0n) is 6.33. The predicted molar refractivity (Wildman–Crippen MR) is 38.8 cm³/mol. The smallest absolute Gasteiger partial charge is 0.324 e. The Balaban J connectivity index is 2.64. The number of nitrogens with one attached hydrogen (secondary N) is 1. The van der Waals surface area contributed by atoms with Gasteiger partial charge in [0, 0.05) is 13.1 Å². The number of rotatable bonds is 2. The van der Waals surface area contributed by atoms with Crippen LogP contribution in [-0.2, 0) is 4.79 Å². The van der Waals surface area contributed by atoms with Gasteiger partial charge in [-0.1, -0.05) is 0 Å². The van der Waals surface area contributed by atoms with Crippen molar-refractivity contribution in [1.29, 1.82) is 0 Å². The Bertz CT molecular complexity index is 192. The third kappa shape index (κ3) is 1.32. The van der Waals surface area contributed by atoms with E-state index >= 15 is 0 Å². The number of nitrogens with zero attached hydrogens (tertiary/aromatic N) is 1. The molecule has 0 aromatic rings. The molecule has 1 aliphatic heterocycles. The lowest BCUT2D eigenvalue weighted by Crippen LogP contribution is -2.35. The number of carbonyl (C=O) groups excluding carboxylic acids is 2. The topological polar surface area (TPSA) is 75.4 Å². The molecule has 0 bridgehead atoms. The summed E-state index contributed by atoms with van der Waals surface area (Å²) in [5.41, 5.74) is 5.20. The zero-order chi connectivity index (χ0) is 8.43. The molecular formula is C6H11N3O2. The van der Waals surface area contributed by atoms with Gasteiger partial charge in [-0.05, 0) is 6.92 Å². The van der Waals surface area contributed by atoms with Gasteiger partial charge >= 0.3 is 6.03 Å². The lowest BCUT2D eigenvalue weighted by molar-refractivity contribution is -0.127. The van der Waals surface area contributed by atoms with E-state index in [4.69, 9.17) is 5.73 Å². The van der Waals surface area contributed by atoms with Crippen LogP contribution >= 0.6 is 0 Å². The van der Waals surface area contributed by atoms with Gasteiger partial charge in [0.15, 0.2) is 0 Å². The van der Waals surface area contributed by atoms with Crippen LogP contribution in [0.2, 0.25) is 0 Å². The van der Waals surface area contributed by atoms with Crippen molar-refractivity contribution in [2.45, 2.75) is 13.0 Å². The Hall–Kier alpha value is -1.10. The standard InChI is InChI=1S/C6H11N3O2/c1-4-5(10)9(3-2-7)6(11)8-4/h4H,2-3,7H2,1H3,(H,8,11). The van der Waals surface area contributed by atoms with E-state index in [2.05, 4.69) is 5.32 Å². The molecule has 1 saturated heterocycles. The molecule has 0 aliphatic carbocycles. The molecule has 1 aliphatic rings. The summed E-state index contributed by atoms with van der Waals surface area (Å²) < 4.78 is 0. The molecule has 62 valence electrons. The Morgan fingerprint density at radius 2 is 2.27 bits per heavy atom. The van der Waals surface area contributed by atoms with E-state index in [1.165, 1.54) is 0 Å². The molecule has 0 aromatic heterocycles. The maximum absolute atomic E-state index is 11.1. The second-order valence-corrected chi connectivity index (χ2v) is 2.45. The molecule has 1 unspecified atom stereocenters. The van der Waals surface area contributed by atoms with E-state index in [0.29, 0.717) is 13.1 Å². The highest BCUT2D eigenvalue weighted by Crippen LogP contribution is 2.03. The molecule has 0 saturated carbocycles. The fourth-order valence-electron chi connectivity index (χ4n) is 1.000. The monoisotopic (exact) mass is 157 g/mol. The molecule has 0 aromatic carbocycles. The summed E-state index contributed by atoms with van der Waals surface area (Å²) >= 11 is 0. The highest BCUT2D eigenvalue weighted by atomic mass is 16.2. The molecule has 11 heavy (non-hydrogen) atoms. The molecule has 3 amide bonds. The fourth-order valence-corrected chi connectivity index (χ4v) is 1.000. The van der Waals surface area contributed by atoms with Crippen molar-refractivity contribution in [2.24, 2.45) is 5.73 Å². The van der Waals surface area contributed by atoms with Crippen LogP contribution in [0.25, 0.3) is 0 Å². The van der Waals surface area contributed by atoms with Crippen molar-refractivity contribution in [2.75, 3.05) is 13.1 Å². The first-order valence-corrected chi connectivity index (χ1v) is 3.48. The summed E-state index contributed by atoms with van der Waals surface area (Å²) in [5.74, 6) is -0.194. The first kappa shape index (κ1) is 8.00. The largest absolute Gasteiger partial charge is 0.329 e. The average Bonchev–Trinajstić information content (AvgIpc) is 2.17. The minimum atomic E-state index is -0.394. The summed E-state index contributed by atoms with van der Waals surface area (Å²) in [6.45, 7) is 2.26. The lowest BCUT2D eigenvalue weighted by atomic mass is 10.3. The summed E-state index contributed by atoms with van der Waals surface area (Å²) in [6.07, 6.45) is 0. The lowest BCUT2D eigenvalue weighted by Gasteiger charge is -2.09. The van der Waals surface area contributed by atoms with Crippen molar-refractivity contribution >= 4 is 11.9 Å². The van der Waals surface area contributed by atoms with Crippen LogP contribution in [0.5, 0.6) is 0 Å². The first-order valence-electron chi connectivity index (χ1n) is 3.48. The van der Waals surface area contributed by atoms with Crippen LogP contribution < -0.4 is 11.1 Å². The molecule has 0 spiro atoms. The van der Waals surface area contributed by atoms with E-state index < -0.39 is 6.04 Å². The minimum absolute atomic E-state index is 0.194. The van der Waals surface area contributed by atoms with Crippen LogP contribution in [0, 0.1) is 0 Å². The average molecular weight is 157 g/mol. The van der Waals surface area contributed by atoms with Crippen LogP contribution in [-0.4, -0.2) is 36.0 Å². The van der Waals surface area contributed by atoms with E-state index in [0.717, 1.165) is 4.90 Å². The van der Waals surface area contributed by atoms with Gasteiger partial charge in [-0.3, -0.25) is 9.69 Å². The van der Waals surface area contributed by atoms with Gasteiger partial charge in [0.25, 0.3) is 5.91 Å². The molecule has 5 nitrogen and oxygen atoms in total. The predicted octanol–water partition coefficient (Wildman–Crippen LogP) is -1.11. The quantitative estimate of drug-likeness (QED) is 0.499. The van der Waals surface area contributed by atoms with Crippen molar-refractivity contribution in [3.63, 3.8) is 0 Å². The van der Waals surface area contributed by atoms with Gasteiger partial charge in [0.05, 0.1) is 0 Å². The fraction of sp³-hybridized carbons (Fsp3) is 0.667. The Morgan fingerprint density at radius 3 is 2.64 bits per heavy atom. The SMILES string of the molecule is CC1NC(=O)N(CCN)C1=O. The van der Waals surface area contributed by atoms with Gasteiger partial charge in [0.1, 0.15) is 6.04 Å². The zero-order valence-corrected chi connectivity index (χ0v) is 6.33. The molecule has 1 fully saturated rings. The van der Waals surface area contributed by atoms with Gasteiger partial charge in [-0.2, -0.15) is 0 Å². The molecular weight excluding hydrogens is 146 g/mol. The normalized spacial score (nSPS) is 24.2. The van der Waals surface area contributed by atoms with Gasteiger partial charge in [-0.15, -0.1) is 0 Å². The minimum Gasteiger partial charge on any atom is -0.329 e. The van der Waals surface area contributed by atoms with E-state index in [9.17, 15) is 9.59 Å². The number of urea groups is 1. The maximum atomic E-state index is 11.1. The third-order valence-corrected chi connectivity index (χ3v) is 1.57. The number of nitrogens with two attached hydrogens (primary N) is 1. The van der Waals surface area contributed by atoms with Crippen molar-refractivity contribution in [3.8, 4) is 0 Å². The highest BCUT2D eigenvalue weighted by Gasteiger charge is 2.33. The summed E-state index contributed by atoms with van der Waals surface area (Å²) in [6, 6.07) is -0.734. The number of imide groups is 1. The van der Waals surface area contributed by atoms with Crippen molar-refractivity contribution in [1.82, 2.24) is 10.2 Å². The summed E-state index contributed by atoms with van der Waals surface area (Å²) in [5, 5.41) is 2.48. The Labute approximate surface area is 64.5 Å². The highest BCUT2D eigenvalue weighted by molar-refractivity contribution is 6.03. The Morgan fingerprint density at radius 1 is 1.64 bits per heavy atom. The second kappa shape index (κ2) is 2.87. The first-order chi connectivity index (χ1) is 5.16. The van der Waals surface area contributed by atoms with Gasteiger partial charge < -0.3 is 11.1 Å². The van der Waals surface area contributed by atoms with Crippen LogP contribution in [0.1, 0.15) is 6.92 Å². The molecule has 1 heterocycles. The second-order valence-electron chi connectivity index (χ2n) is 2.45. The molecule has 1 rings (SSSR count). The van der Waals surface area contributed by atoms with Crippen LogP contribution in [0.3, 0.4) is 0 Å². The molecule has 1 atom stereocenters. The Kier molecular flexibility index (Phi) is 2.09. The number of amides is 3. The van der Waals surface area contributed by atoms with Gasteiger partial charge in [-0.25, -0.2) is 4.79 Å². The maximum Gasteiger partial charge on any atom is 0.324 e. The molecule has 5 heteroatoms.